The predicted molar refractivity (Wildman–Crippen MR) is 139 cm³/mol. The molecule has 3 aromatic rings. The fourth-order valence-electron chi connectivity index (χ4n) is 6.09. The third-order valence-electron chi connectivity index (χ3n) is 8.10. The third-order valence-corrected chi connectivity index (χ3v) is 8.10. The van der Waals surface area contributed by atoms with Gasteiger partial charge in [0.2, 0.25) is 16.3 Å². The molecule has 2 aliphatic heterocycles. The molecular formula is C29H30N2O3. The minimum Gasteiger partial charge on any atom is -0.367 e. The van der Waals surface area contributed by atoms with E-state index in [9.17, 15) is 14.4 Å². The van der Waals surface area contributed by atoms with Crippen LogP contribution in [-0.2, 0) is 10.8 Å². The molecule has 0 aliphatic carbocycles. The smallest absolute Gasteiger partial charge is 0.237 e. The Morgan fingerprint density at radius 2 is 0.971 bits per heavy atom. The SMILES string of the molecule is CN1c2ccccc2C(C)(C)C1C=c1c(=O)c(=O)c(=CC2N(C)c3ccccc3C2(C)C)c1=O. The molecule has 174 valence electrons. The Balaban J connectivity index is 1.67. The molecule has 0 N–H and O–H groups in total. The molecule has 0 fully saturated rings. The normalized spacial score (nSPS) is 23.5. The van der Waals surface area contributed by atoms with E-state index in [1.165, 1.54) is 0 Å². The van der Waals surface area contributed by atoms with E-state index >= 15 is 0 Å². The molecule has 5 rings (SSSR count). The van der Waals surface area contributed by atoms with Crippen LogP contribution in [0.2, 0.25) is 0 Å². The molecule has 0 radical (unpaired) electrons. The highest BCUT2D eigenvalue weighted by Crippen LogP contribution is 2.45. The van der Waals surface area contributed by atoms with Gasteiger partial charge in [0.05, 0.1) is 22.5 Å². The molecule has 0 saturated carbocycles. The van der Waals surface area contributed by atoms with Crippen LogP contribution in [0.3, 0.4) is 0 Å². The summed E-state index contributed by atoms with van der Waals surface area (Å²) in [6.45, 7) is 8.42. The minimum absolute atomic E-state index is 0.00930. The van der Waals surface area contributed by atoms with Crippen molar-refractivity contribution in [3.63, 3.8) is 0 Å². The lowest BCUT2D eigenvalue weighted by molar-refractivity contribution is 0.504. The number of nitrogens with zero attached hydrogens (tertiary/aromatic N) is 2. The lowest BCUT2D eigenvalue weighted by Crippen LogP contribution is -2.45. The largest absolute Gasteiger partial charge is 0.367 e. The van der Waals surface area contributed by atoms with Crippen LogP contribution in [0, 0.1) is 0 Å². The van der Waals surface area contributed by atoms with Gasteiger partial charge in [-0.15, -0.1) is 0 Å². The summed E-state index contributed by atoms with van der Waals surface area (Å²) in [5.41, 5.74) is 1.96. The van der Waals surface area contributed by atoms with E-state index in [0.717, 1.165) is 22.5 Å². The summed E-state index contributed by atoms with van der Waals surface area (Å²) < 4.78 is 0. The first kappa shape index (κ1) is 22.3. The zero-order chi connectivity index (χ0) is 24.6. The highest BCUT2D eigenvalue weighted by atomic mass is 16.2. The van der Waals surface area contributed by atoms with Gasteiger partial charge in [-0.3, -0.25) is 14.4 Å². The molecule has 34 heavy (non-hydrogen) atoms. The second kappa shape index (κ2) is 7.26. The monoisotopic (exact) mass is 454 g/mol. The summed E-state index contributed by atoms with van der Waals surface area (Å²) in [5, 5.41) is -0.0186. The molecule has 5 nitrogen and oxygen atoms in total. The van der Waals surface area contributed by atoms with Gasteiger partial charge in [-0.2, -0.15) is 0 Å². The maximum Gasteiger partial charge on any atom is 0.237 e. The first-order chi connectivity index (χ1) is 16.0. The number of rotatable bonds is 2. The Morgan fingerprint density at radius 1 is 0.618 bits per heavy atom. The van der Waals surface area contributed by atoms with Crippen molar-refractivity contribution < 1.29 is 0 Å². The van der Waals surface area contributed by atoms with Crippen LogP contribution in [-0.4, -0.2) is 26.2 Å². The molecule has 2 aliphatic rings. The van der Waals surface area contributed by atoms with Crippen LogP contribution in [0.5, 0.6) is 0 Å². The number of fused-ring (bicyclic) bond motifs is 2. The lowest BCUT2D eigenvalue weighted by Gasteiger charge is -2.29. The highest BCUT2D eigenvalue weighted by molar-refractivity contribution is 5.69. The maximum atomic E-state index is 13.5. The van der Waals surface area contributed by atoms with E-state index in [2.05, 4.69) is 49.6 Å². The second-order valence-electron chi connectivity index (χ2n) is 10.7. The molecule has 0 saturated heterocycles. The molecule has 0 aromatic heterocycles. The maximum absolute atomic E-state index is 13.5. The van der Waals surface area contributed by atoms with Crippen LogP contribution in [0.25, 0.3) is 12.2 Å². The number of hydrogen-bond acceptors (Lipinski definition) is 5. The topological polar surface area (TPSA) is 57.7 Å². The van der Waals surface area contributed by atoms with Gasteiger partial charge >= 0.3 is 0 Å². The van der Waals surface area contributed by atoms with Crippen molar-refractivity contribution in [2.24, 2.45) is 0 Å². The Morgan fingerprint density at radius 3 is 1.32 bits per heavy atom. The molecular weight excluding hydrogens is 424 g/mol. The summed E-state index contributed by atoms with van der Waals surface area (Å²) in [6, 6.07) is 15.8. The summed E-state index contributed by atoms with van der Waals surface area (Å²) in [7, 11) is 3.93. The highest BCUT2D eigenvalue weighted by Gasteiger charge is 2.43. The molecule has 2 heterocycles. The Labute approximate surface area is 199 Å². The van der Waals surface area contributed by atoms with E-state index in [0.29, 0.717) is 0 Å². The fourth-order valence-corrected chi connectivity index (χ4v) is 6.09. The molecule has 2 atom stereocenters. The van der Waals surface area contributed by atoms with E-state index < -0.39 is 16.3 Å². The first-order valence-corrected chi connectivity index (χ1v) is 11.7. The van der Waals surface area contributed by atoms with Crippen molar-refractivity contribution in [1.29, 1.82) is 0 Å². The van der Waals surface area contributed by atoms with Crippen LogP contribution >= 0.6 is 0 Å². The van der Waals surface area contributed by atoms with Crippen LogP contribution in [0.4, 0.5) is 11.4 Å². The van der Waals surface area contributed by atoms with Gasteiger partial charge in [0.15, 0.2) is 0 Å². The third kappa shape index (κ3) is 2.89. The van der Waals surface area contributed by atoms with Crippen LogP contribution in [0.15, 0.2) is 62.9 Å². The van der Waals surface area contributed by atoms with Gasteiger partial charge in [-0.1, -0.05) is 64.1 Å². The molecule has 3 aromatic carbocycles. The van der Waals surface area contributed by atoms with Crippen molar-refractivity contribution in [3.8, 4) is 0 Å². The molecule has 2 unspecified atom stereocenters. The first-order valence-electron chi connectivity index (χ1n) is 11.7. The zero-order valence-electron chi connectivity index (χ0n) is 20.5. The van der Waals surface area contributed by atoms with Gasteiger partial charge < -0.3 is 9.80 Å². The van der Waals surface area contributed by atoms with Gasteiger partial charge in [0, 0.05) is 36.3 Å². The number of likely N-dealkylation sites (N-methyl/N-ethyl adjacent to an activating group) is 2. The zero-order valence-corrected chi connectivity index (χ0v) is 20.5. The summed E-state index contributed by atoms with van der Waals surface area (Å²) in [5.74, 6) is 0. The molecule has 0 bridgehead atoms. The summed E-state index contributed by atoms with van der Waals surface area (Å²) >= 11 is 0. The predicted octanol–water partition coefficient (Wildman–Crippen LogP) is 1.80. The van der Waals surface area contributed by atoms with Gasteiger partial charge in [0.1, 0.15) is 0 Å². The van der Waals surface area contributed by atoms with Crippen molar-refractivity contribution >= 4 is 23.5 Å². The number of benzene rings is 2. The second-order valence-corrected chi connectivity index (χ2v) is 10.7. The van der Waals surface area contributed by atoms with Crippen molar-refractivity contribution in [2.45, 2.75) is 50.6 Å². The van der Waals surface area contributed by atoms with Crippen molar-refractivity contribution in [1.82, 2.24) is 0 Å². The average molecular weight is 455 g/mol. The summed E-state index contributed by atoms with van der Waals surface area (Å²) in [4.78, 5) is 43.7. The standard InChI is InChI=1S/C29H30N2O3/c1-28(2)19-11-7-9-13-21(19)30(5)23(28)15-17-25(32)18(27(34)26(17)33)16-24-29(3,4)20-12-8-10-14-22(20)31(24)6/h7-16,23-24H,1-6H3. The Hall–Kier alpha value is -3.47. The lowest BCUT2D eigenvalue weighted by atomic mass is 9.80. The average Bonchev–Trinajstić information content (AvgIpc) is 3.22. The minimum atomic E-state index is -0.702. The van der Waals surface area contributed by atoms with E-state index in [4.69, 9.17) is 0 Å². The number of para-hydroxylation sites is 2. The Kier molecular flexibility index (Phi) is 4.77. The van der Waals surface area contributed by atoms with E-state index in [-0.39, 0.29) is 33.4 Å². The quantitative estimate of drug-likeness (QED) is 0.553. The van der Waals surface area contributed by atoms with Gasteiger partial charge in [0.25, 0.3) is 0 Å². The molecule has 0 amide bonds. The van der Waals surface area contributed by atoms with Crippen molar-refractivity contribution in [3.05, 3.63) is 101 Å². The van der Waals surface area contributed by atoms with Gasteiger partial charge in [-0.05, 0) is 35.4 Å². The fraction of sp³-hybridized carbons (Fsp3) is 0.345. The van der Waals surface area contributed by atoms with Crippen molar-refractivity contribution in [2.75, 3.05) is 23.9 Å². The van der Waals surface area contributed by atoms with Gasteiger partial charge in [-0.25, -0.2) is 0 Å². The summed E-state index contributed by atoms with van der Waals surface area (Å²) in [6.07, 6.45) is 3.42. The van der Waals surface area contributed by atoms with E-state index in [1.54, 1.807) is 12.2 Å². The van der Waals surface area contributed by atoms with E-state index in [1.807, 2.05) is 50.5 Å². The van der Waals surface area contributed by atoms with Crippen LogP contribution in [0.1, 0.15) is 38.8 Å². The number of hydrogen-bond donors (Lipinski definition) is 0. The number of anilines is 2. The molecule has 5 heteroatoms. The molecule has 0 spiro atoms. The Bertz CT molecular complexity index is 1460. The van der Waals surface area contributed by atoms with Crippen LogP contribution < -0.4 is 36.5 Å².